The van der Waals surface area contributed by atoms with Crippen molar-refractivity contribution >= 4 is 56.5 Å². The van der Waals surface area contributed by atoms with Gasteiger partial charge >= 0.3 is 5.91 Å². The van der Waals surface area contributed by atoms with E-state index in [1.807, 2.05) is 50.2 Å². The first-order valence-corrected chi connectivity index (χ1v) is 15.8. The van der Waals surface area contributed by atoms with Crippen LogP contribution in [0.15, 0.2) is 107 Å². The van der Waals surface area contributed by atoms with Crippen LogP contribution in [0.1, 0.15) is 33.9 Å². The highest BCUT2D eigenvalue weighted by atomic mass is 32.2. The molecule has 5 aromatic rings. The van der Waals surface area contributed by atoms with Crippen LogP contribution in [0.5, 0.6) is 5.75 Å². The van der Waals surface area contributed by atoms with E-state index < -0.39 is 17.7 Å². The number of benzene rings is 4. The van der Waals surface area contributed by atoms with Crippen molar-refractivity contribution in [1.82, 2.24) is 10.2 Å². The number of thioether (sulfide) groups is 1. The van der Waals surface area contributed by atoms with Gasteiger partial charge in [0, 0.05) is 11.3 Å². The first-order chi connectivity index (χ1) is 21.4. The second-order valence-electron chi connectivity index (χ2n) is 10.4. The summed E-state index contributed by atoms with van der Waals surface area (Å²) in [5, 5.41) is 22.9. The maximum atomic E-state index is 13.7. The fourth-order valence-corrected chi connectivity index (χ4v) is 7.17. The van der Waals surface area contributed by atoms with Crippen LogP contribution < -0.4 is 9.64 Å². The molecule has 1 aliphatic heterocycles. The van der Waals surface area contributed by atoms with Crippen LogP contribution in [-0.4, -0.2) is 33.6 Å². The Morgan fingerprint density at radius 2 is 1.80 bits per heavy atom. The molecular formula is C35H29N3O4S2. The molecule has 220 valence electrons. The number of carbonyl (C=O) groups excluding carboxylic acids is 2. The molecule has 0 spiro atoms. The van der Waals surface area contributed by atoms with Gasteiger partial charge in [-0.05, 0) is 59.5 Å². The standard InChI is InChI=1S/C35H29N3O4S2/c1-4-18-42-26-16-14-24(15-17-26)30-29(31(39)28-19-21(2)12-13-22(28)3)32(40)33(41)38(30)34-36-37-35(44-34)43-20-25-10-7-9-23-8-5-6-11-27(23)25/h4-17,19,30,39H,1,18,20H2,2-3H3/b31-29+. The third-order valence-corrected chi connectivity index (χ3v) is 9.59. The number of anilines is 1. The zero-order valence-electron chi connectivity index (χ0n) is 24.2. The van der Waals surface area contributed by atoms with Crippen LogP contribution in [0.25, 0.3) is 16.5 Å². The molecule has 1 saturated heterocycles. The van der Waals surface area contributed by atoms with Crippen LogP contribution in [-0.2, 0) is 15.3 Å². The molecule has 1 atom stereocenters. The lowest BCUT2D eigenvalue weighted by atomic mass is 9.93. The molecule has 0 radical (unpaired) electrons. The highest BCUT2D eigenvalue weighted by molar-refractivity contribution is 8.00. The molecule has 0 saturated carbocycles. The van der Waals surface area contributed by atoms with E-state index in [0.717, 1.165) is 22.1 Å². The van der Waals surface area contributed by atoms with Gasteiger partial charge in [-0.25, -0.2) is 0 Å². The maximum Gasteiger partial charge on any atom is 0.301 e. The number of carbonyl (C=O) groups is 2. The smallest absolute Gasteiger partial charge is 0.301 e. The first-order valence-electron chi connectivity index (χ1n) is 14.0. The summed E-state index contributed by atoms with van der Waals surface area (Å²) in [5.41, 5.74) is 4.00. The Hall–Kier alpha value is -4.73. The van der Waals surface area contributed by atoms with Gasteiger partial charge in [0.2, 0.25) is 5.13 Å². The van der Waals surface area contributed by atoms with Crippen molar-refractivity contribution in [2.75, 3.05) is 11.5 Å². The SMILES string of the molecule is C=CCOc1ccc(C2/C(=C(\O)c3cc(C)ccc3C)C(=O)C(=O)N2c2nnc(SCc3cccc4ccccc34)s2)cc1. The fourth-order valence-electron chi connectivity index (χ4n) is 5.30. The Labute approximate surface area is 263 Å². The number of nitrogens with zero attached hydrogens (tertiary/aromatic N) is 3. The number of hydrogen-bond acceptors (Lipinski definition) is 8. The van der Waals surface area contributed by atoms with Gasteiger partial charge in [0.25, 0.3) is 5.78 Å². The molecular weight excluding hydrogens is 591 g/mol. The van der Waals surface area contributed by atoms with Gasteiger partial charge in [0.05, 0.1) is 11.6 Å². The number of aliphatic hydroxyl groups excluding tert-OH is 1. The summed E-state index contributed by atoms with van der Waals surface area (Å²) in [6.07, 6.45) is 1.65. The minimum Gasteiger partial charge on any atom is -0.507 e. The number of Topliss-reactive ketones (excluding diaryl/α,β-unsaturated/α-hetero) is 1. The lowest BCUT2D eigenvalue weighted by molar-refractivity contribution is -0.132. The van der Waals surface area contributed by atoms with Gasteiger partial charge < -0.3 is 9.84 Å². The van der Waals surface area contributed by atoms with Gasteiger partial charge in [-0.15, -0.1) is 10.2 Å². The number of aromatic nitrogens is 2. The molecule has 1 fully saturated rings. The molecule has 1 amide bonds. The monoisotopic (exact) mass is 619 g/mol. The van der Waals surface area contributed by atoms with E-state index in [2.05, 4.69) is 41.0 Å². The Morgan fingerprint density at radius 3 is 2.59 bits per heavy atom. The average Bonchev–Trinajstić information content (AvgIpc) is 3.61. The number of aryl methyl sites for hydroxylation is 2. The van der Waals surface area contributed by atoms with E-state index in [4.69, 9.17) is 4.74 Å². The zero-order valence-corrected chi connectivity index (χ0v) is 25.8. The molecule has 4 aromatic carbocycles. The van der Waals surface area contributed by atoms with Crippen molar-refractivity contribution in [2.24, 2.45) is 0 Å². The van der Waals surface area contributed by atoms with Crippen LogP contribution in [0.4, 0.5) is 5.13 Å². The zero-order chi connectivity index (χ0) is 30.8. The average molecular weight is 620 g/mol. The molecule has 44 heavy (non-hydrogen) atoms. The Morgan fingerprint density at radius 1 is 1.02 bits per heavy atom. The molecule has 1 aliphatic rings. The van der Waals surface area contributed by atoms with E-state index in [9.17, 15) is 14.7 Å². The summed E-state index contributed by atoms with van der Waals surface area (Å²) in [7, 11) is 0. The summed E-state index contributed by atoms with van der Waals surface area (Å²) in [4.78, 5) is 28.6. The van der Waals surface area contributed by atoms with E-state index in [1.54, 1.807) is 30.3 Å². The predicted molar refractivity (Wildman–Crippen MR) is 176 cm³/mol. The lowest BCUT2D eigenvalue weighted by Crippen LogP contribution is -2.29. The number of fused-ring (bicyclic) bond motifs is 1. The lowest BCUT2D eigenvalue weighted by Gasteiger charge is -2.23. The summed E-state index contributed by atoms with van der Waals surface area (Å²) in [6, 6.07) is 26.2. The minimum absolute atomic E-state index is 0.00335. The third-order valence-electron chi connectivity index (χ3n) is 7.49. The number of ether oxygens (including phenoxy) is 1. The second kappa shape index (κ2) is 12.5. The summed E-state index contributed by atoms with van der Waals surface area (Å²) >= 11 is 2.76. The van der Waals surface area contributed by atoms with Crippen LogP contribution >= 0.6 is 23.1 Å². The minimum atomic E-state index is -0.910. The van der Waals surface area contributed by atoms with Crippen molar-refractivity contribution in [1.29, 1.82) is 0 Å². The van der Waals surface area contributed by atoms with Gasteiger partial charge in [-0.1, -0.05) is 108 Å². The molecule has 2 heterocycles. The van der Waals surface area contributed by atoms with E-state index in [-0.39, 0.29) is 16.5 Å². The van der Waals surface area contributed by atoms with E-state index >= 15 is 0 Å². The largest absolute Gasteiger partial charge is 0.507 e. The molecule has 1 aromatic heterocycles. The van der Waals surface area contributed by atoms with Crippen molar-refractivity contribution in [2.45, 2.75) is 30.0 Å². The summed E-state index contributed by atoms with van der Waals surface area (Å²) in [6.45, 7) is 7.79. The number of aliphatic hydroxyl groups is 1. The fraction of sp³-hybridized carbons (Fsp3) is 0.143. The van der Waals surface area contributed by atoms with Crippen molar-refractivity contribution in [3.63, 3.8) is 0 Å². The van der Waals surface area contributed by atoms with Crippen LogP contribution in [0.3, 0.4) is 0 Å². The second-order valence-corrected chi connectivity index (χ2v) is 12.6. The molecule has 0 bridgehead atoms. The van der Waals surface area contributed by atoms with Crippen LogP contribution in [0.2, 0.25) is 0 Å². The highest BCUT2D eigenvalue weighted by Crippen LogP contribution is 2.44. The van der Waals surface area contributed by atoms with Crippen molar-refractivity contribution < 1.29 is 19.4 Å². The third kappa shape index (κ3) is 5.64. The molecule has 9 heteroatoms. The number of hydrogen-bond donors (Lipinski definition) is 1. The van der Waals surface area contributed by atoms with E-state index in [1.165, 1.54) is 33.4 Å². The molecule has 7 nitrogen and oxygen atoms in total. The van der Waals surface area contributed by atoms with Crippen molar-refractivity contribution in [3.8, 4) is 5.75 Å². The summed E-state index contributed by atoms with van der Waals surface area (Å²) < 4.78 is 6.31. The Bertz CT molecular complexity index is 1930. The van der Waals surface area contributed by atoms with Gasteiger partial charge in [-0.2, -0.15) is 0 Å². The molecule has 6 rings (SSSR count). The predicted octanol–water partition coefficient (Wildman–Crippen LogP) is 7.79. The van der Waals surface area contributed by atoms with Crippen molar-refractivity contribution in [3.05, 3.63) is 131 Å². The number of ketones is 1. The van der Waals surface area contributed by atoms with Gasteiger partial charge in [0.1, 0.15) is 18.1 Å². The normalized spacial score (nSPS) is 16.0. The van der Waals surface area contributed by atoms with Gasteiger partial charge in [-0.3, -0.25) is 14.5 Å². The highest BCUT2D eigenvalue weighted by Gasteiger charge is 2.48. The molecule has 1 unspecified atom stereocenters. The van der Waals surface area contributed by atoms with E-state index in [0.29, 0.717) is 33.6 Å². The number of amides is 1. The Kier molecular flexibility index (Phi) is 8.32. The topological polar surface area (TPSA) is 92.6 Å². The molecule has 0 aliphatic carbocycles. The molecule has 1 N–H and O–H groups in total. The quantitative estimate of drug-likeness (QED) is 0.0450. The van der Waals surface area contributed by atoms with Gasteiger partial charge in [0.15, 0.2) is 4.34 Å². The maximum absolute atomic E-state index is 13.7. The first kappa shape index (κ1) is 29.3. The Balaban J connectivity index is 1.38. The summed E-state index contributed by atoms with van der Waals surface area (Å²) in [5.74, 6) is -0.491. The number of rotatable bonds is 9. The van der Waals surface area contributed by atoms with Crippen LogP contribution in [0, 0.1) is 13.8 Å².